The molecule has 2 heterocycles. The maximum atomic E-state index is 13.6. The van der Waals surface area contributed by atoms with Crippen molar-refractivity contribution in [2.24, 2.45) is 5.92 Å². The molecule has 206 valence electrons. The number of carbonyl (C=O) groups is 3. The lowest BCUT2D eigenvalue weighted by atomic mass is 9.95. The van der Waals surface area contributed by atoms with E-state index in [-0.39, 0.29) is 23.4 Å². The van der Waals surface area contributed by atoms with Gasteiger partial charge in [0, 0.05) is 25.2 Å². The van der Waals surface area contributed by atoms with Gasteiger partial charge in [-0.2, -0.15) is 0 Å². The Labute approximate surface area is 227 Å². The average Bonchev–Trinajstić information content (AvgIpc) is 2.90. The summed E-state index contributed by atoms with van der Waals surface area (Å²) in [6.45, 7) is 10.9. The van der Waals surface area contributed by atoms with Crippen molar-refractivity contribution < 1.29 is 19.1 Å². The minimum Gasteiger partial charge on any atom is -0.494 e. The van der Waals surface area contributed by atoms with Gasteiger partial charge in [0.05, 0.1) is 23.2 Å². The summed E-state index contributed by atoms with van der Waals surface area (Å²) >= 11 is 0. The Morgan fingerprint density at radius 2 is 1.77 bits per heavy atom. The highest BCUT2D eigenvalue weighted by molar-refractivity contribution is 5.97. The summed E-state index contributed by atoms with van der Waals surface area (Å²) in [4.78, 5) is 62.9. The molecule has 1 aromatic heterocycles. The van der Waals surface area contributed by atoms with Crippen LogP contribution < -0.4 is 15.6 Å². The molecule has 0 radical (unpaired) electrons. The van der Waals surface area contributed by atoms with E-state index in [2.05, 4.69) is 15.3 Å². The topological polar surface area (TPSA) is 125 Å². The van der Waals surface area contributed by atoms with Crippen LogP contribution in [0, 0.1) is 5.92 Å². The van der Waals surface area contributed by atoms with Crippen molar-refractivity contribution >= 4 is 28.8 Å². The maximum Gasteiger partial charge on any atom is 0.280 e. The monoisotopic (exact) mass is 533 g/mol. The normalized spacial score (nSPS) is 15.7. The third-order valence-electron chi connectivity index (χ3n) is 6.91. The van der Waals surface area contributed by atoms with Gasteiger partial charge in [0.25, 0.3) is 17.4 Å². The molecule has 0 bridgehead atoms. The van der Waals surface area contributed by atoms with Crippen LogP contribution in [0.2, 0.25) is 0 Å². The Balaban J connectivity index is 1.47. The van der Waals surface area contributed by atoms with Gasteiger partial charge in [-0.25, -0.2) is 4.98 Å². The van der Waals surface area contributed by atoms with Gasteiger partial charge >= 0.3 is 0 Å². The fourth-order valence-corrected chi connectivity index (χ4v) is 4.84. The van der Waals surface area contributed by atoms with Gasteiger partial charge in [0.15, 0.2) is 5.69 Å². The van der Waals surface area contributed by atoms with Crippen molar-refractivity contribution in [1.82, 2.24) is 25.1 Å². The van der Waals surface area contributed by atoms with E-state index in [0.29, 0.717) is 48.6 Å². The molecule has 4 rings (SSSR count). The van der Waals surface area contributed by atoms with Crippen molar-refractivity contribution in [3.05, 3.63) is 70.1 Å². The van der Waals surface area contributed by atoms with Gasteiger partial charge in [0.2, 0.25) is 5.91 Å². The number of amides is 3. The second-order valence-electron chi connectivity index (χ2n) is 10.6. The van der Waals surface area contributed by atoms with E-state index < -0.39 is 23.0 Å². The van der Waals surface area contributed by atoms with Crippen LogP contribution in [-0.4, -0.2) is 75.3 Å². The van der Waals surface area contributed by atoms with Crippen molar-refractivity contribution in [2.75, 3.05) is 26.2 Å². The summed E-state index contributed by atoms with van der Waals surface area (Å²) < 4.78 is 5.47. The first kappa shape index (κ1) is 27.8. The number of nitrogens with zero attached hydrogens (tertiary/aromatic N) is 3. The smallest absolute Gasteiger partial charge is 0.280 e. The zero-order chi connectivity index (χ0) is 28.3. The highest BCUT2D eigenvalue weighted by Crippen LogP contribution is 2.25. The largest absolute Gasteiger partial charge is 0.494 e. The zero-order valence-corrected chi connectivity index (χ0v) is 23.0. The molecule has 3 amide bonds. The summed E-state index contributed by atoms with van der Waals surface area (Å²) in [5.41, 5.74) is -0.0135. The van der Waals surface area contributed by atoms with E-state index in [1.165, 1.54) is 0 Å². The summed E-state index contributed by atoms with van der Waals surface area (Å²) in [7, 11) is 0. The Kier molecular flexibility index (Phi) is 8.03. The van der Waals surface area contributed by atoms with Gasteiger partial charge in [-0.1, -0.05) is 26.0 Å². The van der Waals surface area contributed by atoms with Gasteiger partial charge in [-0.05, 0) is 63.1 Å². The molecule has 1 aliphatic heterocycles. The number of nitrogens with one attached hydrogen (secondary N) is 2. The number of benzene rings is 2. The molecule has 10 heteroatoms. The van der Waals surface area contributed by atoms with Crippen LogP contribution in [0.3, 0.4) is 0 Å². The van der Waals surface area contributed by atoms with Crippen LogP contribution in [-0.2, 0) is 4.79 Å². The molecule has 39 heavy (non-hydrogen) atoms. The number of ether oxygens (including phenoxy) is 1. The van der Waals surface area contributed by atoms with Crippen LogP contribution in [0.5, 0.6) is 5.75 Å². The lowest BCUT2D eigenvalue weighted by Gasteiger charge is -2.48. The molecule has 1 fully saturated rings. The number of hydrogen-bond acceptors (Lipinski definition) is 6. The van der Waals surface area contributed by atoms with E-state index in [0.717, 1.165) is 0 Å². The number of fused-ring (bicyclic) bond motifs is 1. The standard InChI is InChI=1S/C29H35N5O5/c1-6-39-20-13-11-19(12-14-20)27(37)34-16-15-33(17-29(34,4)5)28(38)23(18(2)3)32-26(36)24-25(35)31-22-10-8-7-9-21(22)30-24/h7-14,18,23H,6,15-17H2,1-5H3,(H,31,35)(H,32,36)/t23-/m0/s1. The molecule has 2 N–H and O–H groups in total. The molecule has 0 unspecified atom stereocenters. The van der Waals surface area contributed by atoms with E-state index >= 15 is 0 Å². The average molecular weight is 534 g/mol. The van der Waals surface area contributed by atoms with E-state index in [4.69, 9.17) is 4.74 Å². The van der Waals surface area contributed by atoms with E-state index in [1.54, 1.807) is 58.3 Å². The van der Waals surface area contributed by atoms with Crippen molar-refractivity contribution in [3.63, 3.8) is 0 Å². The van der Waals surface area contributed by atoms with E-state index in [9.17, 15) is 19.2 Å². The lowest BCUT2D eigenvalue weighted by Crippen LogP contribution is -2.64. The van der Waals surface area contributed by atoms with E-state index in [1.807, 2.05) is 34.6 Å². The zero-order valence-electron chi connectivity index (χ0n) is 23.0. The SMILES string of the molecule is CCOc1ccc(C(=O)N2CCN(C(=O)[C@@H](NC(=O)c3nc4ccccc4[nH]c3=O)C(C)C)CC2(C)C)cc1. The summed E-state index contributed by atoms with van der Waals surface area (Å²) in [5, 5.41) is 2.73. The number of para-hydroxylation sites is 2. The first-order valence-corrected chi connectivity index (χ1v) is 13.2. The minimum atomic E-state index is -0.866. The van der Waals surface area contributed by atoms with Crippen molar-refractivity contribution in [1.29, 1.82) is 0 Å². The van der Waals surface area contributed by atoms with Gasteiger partial charge < -0.3 is 24.8 Å². The minimum absolute atomic E-state index is 0.120. The first-order valence-electron chi connectivity index (χ1n) is 13.2. The molecule has 1 atom stereocenters. The van der Waals surface area contributed by atoms with Gasteiger partial charge in [0.1, 0.15) is 11.8 Å². The quantitative estimate of drug-likeness (QED) is 0.481. The second kappa shape index (κ2) is 11.3. The maximum absolute atomic E-state index is 13.6. The Hall–Kier alpha value is -4.21. The fraction of sp³-hybridized carbons (Fsp3) is 0.414. The molecular weight excluding hydrogens is 498 g/mol. The molecular formula is C29H35N5O5. The number of rotatable bonds is 7. The molecule has 0 aliphatic carbocycles. The third kappa shape index (κ3) is 5.94. The summed E-state index contributed by atoms with van der Waals surface area (Å²) in [5.74, 6) is -0.640. The third-order valence-corrected chi connectivity index (χ3v) is 6.91. The molecule has 0 spiro atoms. The molecule has 1 saturated heterocycles. The Bertz CT molecular complexity index is 1430. The van der Waals surface area contributed by atoms with Crippen molar-refractivity contribution in [3.8, 4) is 5.75 Å². The molecule has 2 aromatic carbocycles. The Morgan fingerprint density at radius 3 is 2.41 bits per heavy atom. The Morgan fingerprint density at radius 1 is 1.08 bits per heavy atom. The van der Waals surface area contributed by atoms with Gasteiger partial charge in [-0.3, -0.25) is 19.2 Å². The molecule has 3 aromatic rings. The predicted octanol–water partition coefficient (Wildman–Crippen LogP) is 2.84. The van der Waals surface area contributed by atoms with Crippen LogP contribution in [0.4, 0.5) is 0 Å². The highest BCUT2D eigenvalue weighted by atomic mass is 16.5. The lowest BCUT2D eigenvalue weighted by molar-refractivity contribution is -0.138. The van der Waals surface area contributed by atoms with Crippen LogP contribution in [0.15, 0.2) is 53.3 Å². The summed E-state index contributed by atoms with van der Waals surface area (Å²) in [6, 6.07) is 13.1. The summed E-state index contributed by atoms with van der Waals surface area (Å²) in [6.07, 6.45) is 0. The number of H-pyrrole nitrogens is 1. The number of carbonyl (C=O) groups excluding carboxylic acids is 3. The highest BCUT2D eigenvalue weighted by Gasteiger charge is 2.41. The number of hydrogen-bond donors (Lipinski definition) is 2. The number of aromatic nitrogens is 2. The molecule has 1 aliphatic rings. The molecule has 0 saturated carbocycles. The molecule has 10 nitrogen and oxygen atoms in total. The number of piperazine rings is 1. The van der Waals surface area contributed by atoms with Crippen LogP contribution >= 0.6 is 0 Å². The fourth-order valence-electron chi connectivity index (χ4n) is 4.84. The predicted molar refractivity (Wildman–Crippen MR) is 148 cm³/mol. The van der Waals surface area contributed by atoms with Gasteiger partial charge in [-0.15, -0.1) is 0 Å². The second-order valence-corrected chi connectivity index (χ2v) is 10.6. The van der Waals surface area contributed by atoms with Crippen molar-refractivity contribution in [2.45, 2.75) is 46.2 Å². The van der Waals surface area contributed by atoms with Crippen LogP contribution in [0.1, 0.15) is 55.5 Å². The van der Waals surface area contributed by atoms with Crippen LogP contribution in [0.25, 0.3) is 11.0 Å². The number of aromatic amines is 1. The first-order chi connectivity index (χ1) is 18.5.